The molecule has 4 heteroatoms. The third-order valence-corrected chi connectivity index (χ3v) is 6.60. The van der Waals surface area contributed by atoms with Gasteiger partial charge in [0.15, 0.2) is 0 Å². The molecule has 0 aliphatic rings. The van der Waals surface area contributed by atoms with Crippen molar-refractivity contribution in [2.75, 3.05) is 6.54 Å². The van der Waals surface area contributed by atoms with Crippen LogP contribution in [0.3, 0.4) is 0 Å². The summed E-state index contributed by atoms with van der Waals surface area (Å²) in [5.41, 5.74) is 5.71. The first kappa shape index (κ1) is 28.5. The number of phenols is 1. The largest absolute Gasteiger partial charge is 0.507 e. The molecular weight excluding hydrogens is 436 g/mol. The smallest absolute Gasteiger partial charge is 0.127 e. The Hall–Kier alpha value is -1.78. The van der Waals surface area contributed by atoms with Crippen molar-refractivity contribution >= 4 is 18.8 Å². The molecule has 2 rings (SSSR count). The van der Waals surface area contributed by atoms with Gasteiger partial charge in [0.1, 0.15) is 5.75 Å². The fourth-order valence-electron chi connectivity index (χ4n) is 4.31. The number of aliphatic imine (C=N–C) groups is 1. The topological polar surface area (TPSA) is 44.6 Å². The average Bonchev–Trinajstić information content (AvgIpc) is 2.81. The fraction of sp³-hybridized carbons (Fsp3) is 0.567. The highest BCUT2D eigenvalue weighted by atomic mass is 32.1. The Kier molecular flexibility index (Phi) is 13.4. The monoisotopic (exact) mass is 482 g/mol. The van der Waals surface area contributed by atoms with E-state index in [1.807, 2.05) is 13.1 Å². The predicted octanol–water partition coefficient (Wildman–Crippen LogP) is 7.83. The summed E-state index contributed by atoms with van der Waals surface area (Å²) < 4.78 is 0. The van der Waals surface area contributed by atoms with E-state index >= 15 is 0 Å². The minimum Gasteiger partial charge on any atom is -0.507 e. The van der Waals surface area contributed by atoms with E-state index in [1.165, 1.54) is 55.2 Å². The van der Waals surface area contributed by atoms with Crippen molar-refractivity contribution in [2.24, 2.45) is 4.99 Å². The fourth-order valence-corrected chi connectivity index (χ4v) is 4.64. The van der Waals surface area contributed by atoms with Crippen LogP contribution in [0.15, 0.2) is 40.2 Å². The van der Waals surface area contributed by atoms with Crippen molar-refractivity contribution in [3.8, 4) is 5.75 Å². The highest BCUT2D eigenvalue weighted by molar-refractivity contribution is 7.80. The lowest BCUT2D eigenvalue weighted by Gasteiger charge is -2.15. The second kappa shape index (κ2) is 16.0. The predicted molar refractivity (Wildman–Crippen MR) is 151 cm³/mol. The normalized spacial score (nSPS) is 12.5. The van der Waals surface area contributed by atoms with E-state index in [-0.39, 0.29) is 6.04 Å². The number of nitrogens with one attached hydrogen (secondary N) is 1. The highest BCUT2D eigenvalue weighted by Gasteiger charge is 2.09. The second-order valence-corrected chi connectivity index (χ2v) is 10.1. The van der Waals surface area contributed by atoms with Crippen molar-refractivity contribution in [3.05, 3.63) is 58.1 Å². The first-order valence-corrected chi connectivity index (χ1v) is 13.8. The van der Waals surface area contributed by atoms with Crippen molar-refractivity contribution < 1.29 is 5.11 Å². The van der Waals surface area contributed by atoms with Crippen LogP contribution >= 0.6 is 12.6 Å². The molecular formula is C30H46N2OS. The number of unbranched alkanes of at least 4 members (excludes halogenated alkanes) is 4. The molecule has 1 atom stereocenters. The zero-order chi connectivity index (χ0) is 24.8. The van der Waals surface area contributed by atoms with Gasteiger partial charge >= 0.3 is 0 Å². The van der Waals surface area contributed by atoms with Gasteiger partial charge in [0, 0.05) is 29.8 Å². The molecule has 2 aromatic rings. The van der Waals surface area contributed by atoms with Gasteiger partial charge in [-0.3, -0.25) is 4.99 Å². The highest BCUT2D eigenvalue weighted by Crippen LogP contribution is 2.24. The summed E-state index contributed by atoms with van der Waals surface area (Å²) in [6, 6.07) is 11.1. The Morgan fingerprint density at radius 3 is 2.21 bits per heavy atom. The minimum atomic E-state index is 0.198. The maximum absolute atomic E-state index is 10.6. The number of phenolic OH excluding ortho intramolecular Hbond substituents is 1. The number of aromatic hydroxyl groups is 1. The van der Waals surface area contributed by atoms with Gasteiger partial charge in [-0.1, -0.05) is 65.0 Å². The van der Waals surface area contributed by atoms with Gasteiger partial charge < -0.3 is 10.4 Å². The zero-order valence-corrected chi connectivity index (χ0v) is 22.8. The van der Waals surface area contributed by atoms with Gasteiger partial charge in [-0.25, -0.2) is 0 Å². The third-order valence-electron chi connectivity index (χ3n) is 6.34. The van der Waals surface area contributed by atoms with Gasteiger partial charge in [-0.15, -0.1) is 12.6 Å². The van der Waals surface area contributed by atoms with Gasteiger partial charge in [0.05, 0.1) is 6.04 Å². The van der Waals surface area contributed by atoms with E-state index in [4.69, 9.17) is 4.99 Å². The average molecular weight is 483 g/mol. The molecule has 1 unspecified atom stereocenters. The minimum absolute atomic E-state index is 0.198. The third kappa shape index (κ3) is 10.2. The van der Waals surface area contributed by atoms with Crippen molar-refractivity contribution in [1.82, 2.24) is 5.32 Å². The van der Waals surface area contributed by atoms with E-state index < -0.39 is 0 Å². The van der Waals surface area contributed by atoms with Crippen LogP contribution in [0.25, 0.3) is 0 Å². The van der Waals surface area contributed by atoms with E-state index in [1.54, 1.807) is 0 Å². The van der Waals surface area contributed by atoms with Crippen LogP contribution < -0.4 is 5.32 Å². The molecule has 2 aromatic carbocycles. The second-order valence-electron chi connectivity index (χ2n) is 9.62. The Labute approximate surface area is 213 Å². The van der Waals surface area contributed by atoms with Crippen LogP contribution in [0.4, 0.5) is 0 Å². The molecule has 2 N–H and O–H groups in total. The molecule has 34 heavy (non-hydrogen) atoms. The molecule has 0 saturated carbocycles. The molecule has 188 valence electrons. The lowest BCUT2D eigenvalue weighted by atomic mass is 10.0. The van der Waals surface area contributed by atoms with Crippen molar-refractivity contribution in [1.29, 1.82) is 0 Å². The number of hydrogen-bond acceptors (Lipinski definition) is 4. The van der Waals surface area contributed by atoms with Crippen LogP contribution in [0.5, 0.6) is 5.75 Å². The molecule has 0 aliphatic carbocycles. The lowest BCUT2D eigenvalue weighted by molar-refractivity contribution is 0.469. The molecule has 0 radical (unpaired) electrons. The number of hydrogen-bond donors (Lipinski definition) is 3. The summed E-state index contributed by atoms with van der Waals surface area (Å²) in [5, 5.41) is 14.2. The van der Waals surface area contributed by atoms with Crippen LogP contribution in [0.1, 0.15) is 100.0 Å². The summed E-state index contributed by atoms with van der Waals surface area (Å²) in [4.78, 5) is 5.97. The van der Waals surface area contributed by atoms with E-state index in [0.29, 0.717) is 5.75 Å². The Bertz CT molecular complexity index is 894. The number of rotatable bonds is 16. The van der Waals surface area contributed by atoms with Crippen molar-refractivity contribution in [2.45, 2.75) is 109 Å². The summed E-state index contributed by atoms with van der Waals surface area (Å²) in [7, 11) is 0. The molecule has 3 nitrogen and oxygen atoms in total. The maximum Gasteiger partial charge on any atom is 0.127 e. The molecule has 0 bridgehead atoms. The summed E-state index contributed by atoms with van der Waals surface area (Å²) in [6.07, 6.45) is 13.5. The van der Waals surface area contributed by atoms with Crippen molar-refractivity contribution in [3.63, 3.8) is 0 Å². The number of benzene rings is 2. The van der Waals surface area contributed by atoms with Gasteiger partial charge in [-0.2, -0.15) is 0 Å². The molecule has 0 amide bonds. The first-order chi connectivity index (χ1) is 16.5. The quantitative estimate of drug-likeness (QED) is 0.130. The molecule has 0 fully saturated rings. The summed E-state index contributed by atoms with van der Waals surface area (Å²) in [6.45, 7) is 10.3. The molecule has 0 spiro atoms. The van der Waals surface area contributed by atoms with Gasteiger partial charge in [-0.05, 0) is 79.5 Å². The Morgan fingerprint density at radius 2 is 1.53 bits per heavy atom. The van der Waals surface area contributed by atoms with Crippen LogP contribution in [-0.4, -0.2) is 23.9 Å². The molecule has 0 aromatic heterocycles. The summed E-state index contributed by atoms with van der Waals surface area (Å²) in [5.74, 6) is 0.356. The van der Waals surface area contributed by atoms with E-state index in [0.717, 1.165) is 54.8 Å². The standard InChI is InChI=1S/C30H46N2OS/c1-5-8-11-14-28(22-31-20-26-16-25(13-10-7-3)18-29(34)19-26)32-21-27-17-24(12-9-6-2)15-23(4)30(27)33/h15-19,21,28,31,33-34H,5-14,20,22H2,1-4H3. The van der Waals surface area contributed by atoms with Gasteiger partial charge in [0.25, 0.3) is 0 Å². The van der Waals surface area contributed by atoms with Gasteiger partial charge in [0.2, 0.25) is 0 Å². The first-order valence-electron chi connectivity index (χ1n) is 13.3. The van der Waals surface area contributed by atoms with Crippen LogP contribution in [0.2, 0.25) is 0 Å². The zero-order valence-electron chi connectivity index (χ0n) is 21.9. The Balaban J connectivity index is 2.06. The van der Waals surface area contributed by atoms with Crippen LogP contribution in [0, 0.1) is 6.92 Å². The molecule has 0 heterocycles. The lowest BCUT2D eigenvalue weighted by Crippen LogP contribution is -2.25. The number of nitrogens with zero attached hydrogens (tertiary/aromatic N) is 1. The number of aryl methyl sites for hydroxylation is 3. The molecule has 0 saturated heterocycles. The maximum atomic E-state index is 10.6. The Morgan fingerprint density at radius 1 is 0.882 bits per heavy atom. The van der Waals surface area contributed by atoms with E-state index in [9.17, 15) is 5.11 Å². The SMILES string of the molecule is CCCCCC(CNCc1cc(S)cc(CCCC)c1)N=Cc1cc(CCCC)cc(C)c1O. The molecule has 0 aliphatic heterocycles. The van der Waals surface area contributed by atoms with E-state index in [2.05, 4.69) is 69.0 Å². The number of thiol groups is 1. The van der Waals surface area contributed by atoms with Crippen LogP contribution in [-0.2, 0) is 19.4 Å². The summed E-state index contributed by atoms with van der Waals surface area (Å²) >= 11 is 4.61.